The number of carbonyl (C=O) groups is 4. The van der Waals surface area contributed by atoms with E-state index in [2.05, 4.69) is 20.8 Å². The Hall–Kier alpha value is -4.65. The van der Waals surface area contributed by atoms with Gasteiger partial charge in [-0.25, -0.2) is 9.59 Å². The molecule has 230 valence electrons. The number of rotatable bonds is 4. The Morgan fingerprint density at radius 3 is 2.43 bits per heavy atom. The minimum atomic E-state index is -1.01. The van der Waals surface area contributed by atoms with Crippen molar-refractivity contribution >= 4 is 40.5 Å². The molecule has 0 bridgehead atoms. The molecule has 1 unspecified atom stereocenters. The van der Waals surface area contributed by atoms with Crippen molar-refractivity contribution < 1.29 is 23.9 Å². The molecule has 0 spiro atoms. The number of H-pyrrole nitrogens is 1. The van der Waals surface area contributed by atoms with Gasteiger partial charge in [0, 0.05) is 55.8 Å². The highest BCUT2D eigenvalue weighted by Crippen LogP contribution is 2.33. The molecule has 1 atom stereocenters. The van der Waals surface area contributed by atoms with E-state index < -0.39 is 18.1 Å². The number of ether oxygens (including phenoxy) is 1. The highest BCUT2D eigenvalue weighted by molar-refractivity contribution is 6.05. The van der Waals surface area contributed by atoms with Crippen molar-refractivity contribution in [1.82, 2.24) is 30.2 Å². The fourth-order valence-corrected chi connectivity index (χ4v) is 7.09. The maximum atomic E-state index is 14.1. The normalized spacial score (nSPS) is 21.5. The van der Waals surface area contributed by atoms with Crippen molar-refractivity contribution in [2.45, 2.75) is 63.4 Å². The summed E-state index contributed by atoms with van der Waals surface area (Å²) >= 11 is 0. The molecular weight excluding hydrogens is 564 g/mol. The summed E-state index contributed by atoms with van der Waals surface area (Å²) in [6.07, 6.45) is 1.41. The zero-order valence-electron chi connectivity index (χ0n) is 24.4. The molecule has 4 aliphatic rings. The second-order valence-corrected chi connectivity index (χ2v) is 12.0. The third-order valence-corrected chi connectivity index (χ3v) is 9.48. The van der Waals surface area contributed by atoms with E-state index in [0.29, 0.717) is 43.4 Å². The maximum absolute atomic E-state index is 14.1. The number of likely N-dealkylation sites (tertiary alicyclic amines) is 1. The summed E-state index contributed by atoms with van der Waals surface area (Å²) in [5, 5.41) is 13.9. The highest BCUT2D eigenvalue weighted by atomic mass is 16.6. The van der Waals surface area contributed by atoms with Crippen molar-refractivity contribution in [3.8, 4) is 0 Å². The molecule has 2 aromatic carbocycles. The van der Waals surface area contributed by atoms with Crippen LogP contribution >= 0.6 is 0 Å². The highest BCUT2D eigenvalue weighted by Gasteiger charge is 2.39. The molecule has 5 amide bonds. The molecule has 7 rings (SSSR count). The van der Waals surface area contributed by atoms with E-state index in [4.69, 9.17) is 10.5 Å². The number of nitrogens with zero attached hydrogens (tertiary/aromatic N) is 4. The summed E-state index contributed by atoms with van der Waals surface area (Å²) in [7, 11) is 0. The van der Waals surface area contributed by atoms with E-state index in [1.54, 1.807) is 9.80 Å². The van der Waals surface area contributed by atoms with Crippen LogP contribution in [0.4, 0.5) is 15.3 Å². The van der Waals surface area contributed by atoms with Gasteiger partial charge in [-0.2, -0.15) is 5.10 Å². The number of primary amides is 1. The average molecular weight is 601 g/mol. The number of hydrogen-bond acceptors (Lipinski definition) is 7. The number of piperidine rings is 2. The monoisotopic (exact) mass is 600 g/mol. The average Bonchev–Trinajstić information content (AvgIpc) is 3.43. The quantitative estimate of drug-likeness (QED) is 0.357. The Kier molecular flexibility index (Phi) is 7.32. The van der Waals surface area contributed by atoms with Gasteiger partial charge in [-0.1, -0.05) is 24.3 Å². The molecule has 2 saturated heterocycles. The van der Waals surface area contributed by atoms with Gasteiger partial charge in [0.1, 0.15) is 0 Å². The molecule has 5 heterocycles. The first-order chi connectivity index (χ1) is 21.4. The Balaban J connectivity index is 1.09. The number of urea groups is 1. The van der Waals surface area contributed by atoms with Crippen LogP contribution in [0.5, 0.6) is 0 Å². The smallest absolute Gasteiger partial charge is 0.410 e. The topological polar surface area (TPSA) is 166 Å². The van der Waals surface area contributed by atoms with E-state index in [9.17, 15) is 19.2 Å². The predicted octanol–water partition coefficient (Wildman–Crippen LogP) is 2.32. The number of carbonyl (C=O) groups excluding carboxylic acids is 4. The standard InChI is InChI=1S/C31H36N8O5/c32-28(40)27-26-22-17-38(20-7-11-33-12-8-20)29(41)25(15-18(22)5-6-24(26)35-36-27)44-31(43)37-13-9-21(10-14-37)39-16-19-3-1-2-4-23(19)34-30(39)42/h1-6,20-21,25,33H,7-17H2,(H2,32,40)(H,34,42)(H,35,36). The summed E-state index contributed by atoms with van der Waals surface area (Å²) in [5.41, 5.74) is 9.98. The number of anilines is 1. The largest absolute Gasteiger partial charge is 0.436 e. The summed E-state index contributed by atoms with van der Waals surface area (Å²) in [6.45, 7) is 3.20. The lowest BCUT2D eigenvalue weighted by molar-refractivity contribution is -0.144. The van der Waals surface area contributed by atoms with Gasteiger partial charge in [-0.05, 0) is 67.6 Å². The van der Waals surface area contributed by atoms with Crippen molar-refractivity contribution in [3.05, 3.63) is 58.8 Å². The lowest BCUT2D eigenvalue weighted by Gasteiger charge is -2.40. The van der Waals surface area contributed by atoms with Crippen LogP contribution in [0.25, 0.3) is 10.9 Å². The fourth-order valence-electron chi connectivity index (χ4n) is 7.09. The molecule has 13 heteroatoms. The number of para-hydroxylation sites is 1. The van der Waals surface area contributed by atoms with Crippen LogP contribution in [0.2, 0.25) is 0 Å². The Morgan fingerprint density at radius 1 is 0.909 bits per heavy atom. The van der Waals surface area contributed by atoms with Crippen LogP contribution in [0.3, 0.4) is 0 Å². The fraction of sp³-hybridized carbons (Fsp3) is 0.452. The van der Waals surface area contributed by atoms with Gasteiger partial charge in [0.05, 0.1) is 5.52 Å². The SMILES string of the molecule is NC(=O)c1n[nH]c2ccc3c(c12)CN(C1CCNCC1)C(=O)C(OC(=O)N1CCC(N2Cc4ccccc4NC2=O)CC1)C3. The number of nitrogens with two attached hydrogens (primary N) is 1. The summed E-state index contributed by atoms with van der Waals surface area (Å²) in [6, 6.07) is 11.3. The first-order valence-electron chi connectivity index (χ1n) is 15.3. The second kappa shape index (κ2) is 11.5. The molecular formula is C31H36N8O5. The second-order valence-electron chi connectivity index (χ2n) is 12.0. The van der Waals surface area contributed by atoms with Crippen LogP contribution < -0.4 is 16.4 Å². The van der Waals surface area contributed by atoms with Crippen LogP contribution in [0.1, 0.15) is 52.9 Å². The molecule has 0 aliphatic carbocycles. The number of aromatic amines is 1. The zero-order valence-corrected chi connectivity index (χ0v) is 24.4. The summed E-state index contributed by atoms with van der Waals surface area (Å²) < 4.78 is 5.99. The summed E-state index contributed by atoms with van der Waals surface area (Å²) in [5.74, 6) is -0.886. The van der Waals surface area contributed by atoms with Crippen molar-refractivity contribution in [2.75, 3.05) is 31.5 Å². The predicted molar refractivity (Wildman–Crippen MR) is 161 cm³/mol. The van der Waals surface area contributed by atoms with E-state index in [1.165, 1.54) is 0 Å². The van der Waals surface area contributed by atoms with Gasteiger partial charge in [0.15, 0.2) is 11.8 Å². The number of benzene rings is 2. The number of nitrogens with one attached hydrogen (secondary N) is 3. The van der Waals surface area contributed by atoms with E-state index in [-0.39, 0.29) is 42.7 Å². The lowest BCUT2D eigenvalue weighted by Crippen LogP contribution is -2.52. The number of amides is 5. The third kappa shape index (κ3) is 5.10. The first-order valence-corrected chi connectivity index (χ1v) is 15.3. The minimum Gasteiger partial charge on any atom is -0.436 e. The Bertz CT molecular complexity index is 1620. The number of fused-ring (bicyclic) bond motifs is 4. The number of aromatic nitrogens is 2. The van der Waals surface area contributed by atoms with Crippen molar-refractivity contribution in [2.24, 2.45) is 5.73 Å². The van der Waals surface area contributed by atoms with Crippen LogP contribution in [0, 0.1) is 0 Å². The molecule has 5 N–H and O–H groups in total. The van der Waals surface area contributed by atoms with Crippen LogP contribution in [0.15, 0.2) is 36.4 Å². The van der Waals surface area contributed by atoms with E-state index >= 15 is 0 Å². The van der Waals surface area contributed by atoms with Gasteiger partial charge in [0.25, 0.3) is 11.8 Å². The van der Waals surface area contributed by atoms with Gasteiger partial charge >= 0.3 is 12.1 Å². The molecule has 0 radical (unpaired) electrons. The molecule has 13 nitrogen and oxygen atoms in total. The Labute approximate surface area is 254 Å². The number of hydrogen-bond donors (Lipinski definition) is 4. The molecule has 0 saturated carbocycles. The maximum Gasteiger partial charge on any atom is 0.410 e. The first kappa shape index (κ1) is 28.1. The van der Waals surface area contributed by atoms with E-state index in [0.717, 1.165) is 48.3 Å². The molecule has 3 aromatic rings. The van der Waals surface area contributed by atoms with Gasteiger partial charge in [0.2, 0.25) is 0 Å². The Morgan fingerprint density at radius 2 is 1.66 bits per heavy atom. The van der Waals surface area contributed by atoms with Gasteiger partial charge in [-0.3, -0.25) is 14.7 Å². The molecule has 2 fully saturated rings. The van der Waals surface area contributed by atoms with Crippen molar-refractivity contribution in [3.63, 3.8) is 0 Å². The lowest BCUT2D eigenvalue weighted by atomic mass is 9.97. The summed E-state index contributed by atoms with van der Waals surface area (Å²) in [4.78, 5) is 57.9. The minimum absolute atomic E-state index is 0.00832. The van der Waals surface area contributed by atoms with Crippen LogP contribution in [-0.4, -0.2) is 93.2 Å². The van der Waals surface area contributed by atoms with Crippen LogP contribution in [-0.2, 0) is 29.0 Å². The zero-order chi connectivity index (χ0) is 30.4. The molecule has 44 heavy (non-hydrogen) atoms. The van der Waals surface area contributed by atoms with Gasteiger partial charge < -0.3 is 35.8 Å². The molecule has 1 aromatic heterocycles. The third-order valence-electron chi connectivity index (χ3n) is 9.48. The van der Waals surface area contributed by atoms with E-state index in [1.807, 2.05) is 41.3 Å². The molecule has 4 aliphatic heterocycles. The van der Waals surface area contributed by atoms with Crippen molar-refractivity contribution in [1.29, 1.82) is 0 Å². The van der Waals surface area contributed by atoms with Gasteiger partial charge in [-0.15, -0.1) is 0 Å².